The second-order valence-corrected chi connectivity index (χ2v) is 4.68. The molecule has 0 radical (unpaired) electrons. The highest BCUT2D eigenvalue weighted by Crippen LogP contribution is 2.17. The van der Waals surface area contributed by atoms with Crippen LogP contribution >= 0.6 is 12.6 Å². The summed E-state index contributed by atoms with van der Waals surface area (Å²) in [6, 6.07) is 8.18. The molecule has 1 atom stereocenters. The highest BCUT2D eigenvalue weighted by Gasteiger charge is 2.11. The molecule has 1 unspecified atom stereocenters. The Labute approximate surface area is 98.3 Å². The molecule has 0 aromatic heterocycles. The molecule has 0 aliphatic heterocycles. The highest BCUT2D eigenvalue weighted by molar-refractivity contribution is 7.80. The fraction of sp³-hybridized carbons (Fsp3) is 0.538. The van der Waals surface area contributed by atoms with Gasteiger partial charge in [-0.2, -0.15) is 12.6 Å². The summed E-state index contributed by atoms with van der Waals surface area (Å²) in [4.78, 5) is 0. The van der Waals surface area contributed by atoms with E-state index < -0.39 is 0 Å². The molecule has 0 bridgehead atoms. The van der Waals surface area contributed by atoms with Crippen molar-refractivity contribution in [3.8, 4) is 5.75 Å². The fourth-order valence-electron chi connectivity index (χ4n) is 1.29. The van der Waals surface area contributed by atoms with Crippen molar-refractivity contribution < 1.29 is 4.74 Å². The summed E-state index contributed by atoms with van der Waals surface area (Å²) in [5.41, 5.74) is 1.26. The second kappa shape index (κ2) is 6.06. The van der Waals surface area contributed by atoms with Crippen LogP contribution in [0.2, 0.25) is 0 Å². The van der Waals surface area contributed by atoms with Crippen LogP contribution < -0.4 is 4.74 Å². The lowest BCUT2D eigenvalue weighted by Crippen LogP contribution is -2.19. The van der Waals surface area contributed by atoms with Crippen LogP contribution in [-0.4, -0.2) is 12.4 Å². The van der Waals surface area contributed by atoms with Gasteiger partial charge in [-0.1, -0.05) is 31.5 Å². The SMILES string of the molecule is Cc1ccc(OCC(CS)C(C)C)cc1. The summed E-state index contributed by atoms with van der Waals surface area (Å²) in [6.07, 6.45) is 0. The first-order chi connectivity index (χ1) is 7.13. The number of rotatable bonds is 5. The average Bonchev–Trinajstić information content (AvgIpc) is 2.21. The van der Waals surface area contributed by atoms with E-state index in [2.05, 4.69) is 45.5 Å². The van der Waals surface area contributed by atoms with E-state index >= 15 is 0 Å². The third-order valence-corrected chi connectivity index (χ3v) is 3.13. The maximum atomic E-state index is 5.73. The zero-order valence-electron chi connectivity index (χ0n) is 9.73. The van der Waals surface area contributed by atoms with Crippen LogP contribution in [0, 0.1) is 18.8 Å². The number of hydrogen-bond acceptors (Lipinski definition) is 2. The number of hydrogen-bond donors (Lipinski definition) is 1. The summed E-state index contributed by atoms with van der Waals surface area (Å²) in [5.74, 6) is 2.97. The van der Waals surface area contributed by atoms with Crippen molar-refractivity contribution >= 4 is 12.6 Å². The molecule has 0 N–H and O–H groups in total. The van der Waals surface area contributed by atoms with Gasteiger partial charge in [0.15, 0.2) is 0 Å². The van der Waals surface area contributed by atoms with Gasteiger partial charge < -0.3 is 4.74 Å². The molecular formula is C13H20OS. The predicted molar refractivity (Wildman–Crippen MR) is 68.9 cm³/mol. The molecular weight excluding hydrogens is 204 g/mol. The van der Waals surface area contributed by atoms with E-state index in [9.17, 15) is 0 Å². The minimum atomic E-state index is 0.523. The number of aryl methyl sites for hydroxylation is 1. The minimum absolute atomic E-state index is 0.523. The average molecular weight is 224 g/mol. The van der Waals surface area contributed by atoms with Crippen LogP contribution in [0.25, 0.3) is 0 Å². The topological polar surface area (TPSA) is 9.23 Å². The van der Waals surface area contributed by atoms with E-state index in [0.717, 1.165) is 18.1 Å². The largest absolute Gasteiger partial charge is 0.493 e. The van der Waals surface area contributed by atoms with Crippen molar-refractivity contribution in [2.75, 3.05) is 12.4 Å². The summed E-state index contributed by atoms with van der Waals surface area (Å²) >= 11 is 4.34. The third kappa shape index (κ3) is 4.17. The molecule has 0 heterocycles. The van der Waals surface area contributed by atoms with Crippen LogP contribution in [0.15, 0.2) is 24.3 Å². The monoisotopic (exact) mass is 224 g/mol. The molecule has 0 aliphatic rings. The molecule has 1 nitrogen and oxygen atoms in total. The Bertz CT molecular complexity index is 279. The lowest BCUT2D eigenvalue weighted by atomic mass is 9.99. The quantitative estimate of drug-likeness (QED) is 0.752. The van der Waals surface area contributed by atoms with Crippen molar-refractivity contribution in [3.05, 3.63) is 29.8 Å². The second-order valence-electron chi connectivity index (χ2n) is 4.31. The van der Waals surface area contributed by atoms with Gasteiger partial charge in [-0.25, -0.2) is 0 Å². The van der Waals surface area contributed by atoms with Gasteiger partial charge in [0.25, 0.3) is 0 Å². The van der Waals surface area contributed by atoms with Crippen molar-refractivity contribution in [3.63, 3.8) is 0 Å². The molecule has 0 saturated carbocycles. The van der Waals surface area contributed by atoms with Crippen LogP contribution in [0.4, 0.5) is 0 Å². The van der Waals surface area contributed by atoms with Gasteiger partial charge >= 0.3 is 0 Å². The first-order valence-electron chi connectivity index (χ1n) is 5.43. The van der Waals surface area contributed by atoms with Gasteiger partial charge in [0.1, 0.15) is 5.75 Å². The van der Waals surface area contributed by atoms with Crippen molar-refractivity contribution in [1.29, 1.82) is 0 Å². The molecule has 0 saturated heterocycles. The lowest BCUT2D eigenvalue weighted by molar-refractivity contribution is 0.227. The van der Waals surface area contributed by atoms with Crippen molar-refractivity contribution in [1.82, 2.24) is 0 Å². The Kier molecular flexibility index (Phi) is 5.03. The molecule has 0 aliphatic carbocycles. The van der Waals surface area contributed by atoms with E-state index in [1.54, 1.807) is 0 Å². The van der Waals surface area contributed by atoms with E-state index in [1.807, 2.05) is 12.1 Å². The van der Waals surface area contributed by atoms with E-state index in [-0.39, 0.29) is 0 Å². The zero-order valence-corrected chi connectivity index (χ0v) is 10.6. The van der Waals surface area contributed by atoms with E-state index in [1.165, 1.54) is 5.56 Å². The third-order valence-electron chi connectivity index (χ3n) is 2.66. The Hall–Kier alpha value is -0.630. The maximum absolute atomic E-state index is 5.73. The van der Waals surface area contributed by atoms with Gasteiger partial charge in [0.2, 0.25) is 0 Å². The van der Waals surface area contributed by atoms with Gasteiger partial charge in [-0.05, 0) is 30.7 Å². The van der Waals surface area contributed by atoms with Gasteiger partial charge in [0.05, 0.1) is 6.61 Å². The van der Waals surface area contributed by atoms with Crippen LogP contribution in [0.1, 0.15) is 19.4 Å². The minimum Gasteiger partial charge on any atom is -0.493 e. The normalized spacial score (nSPS) is 12.9. The number of benzene rings is 1. The summed E-state index contributed by atoms with van der Waals surface area (Å²) < 4.78 is 5.73. The molecule has 15 heavy (non-hydrogen) atoms. The van der Waals surface area contributed by atoms with E-state index in [4.69, 9.17) is 4.74 Å². The van der Waals surface area contributed by atoms with Gasteiger partial charge in [-0.15, -0.1) is 0 Å². The van der Waals surface area contributed by atoms with Gasteiger partial charge in [0, 0.05) is 5.92 Å². The first kappa shape index (κ1) is 12.4. The molecule has 0 spiro atoms. The Morgan fingerprint density at radius 1 is 1.20 bits per heavy atom. The molecule has 1 rings (SSSR count). The van der Waals surface area contributed by atoms with Gasteiger partial charge in [-0.3, -0.25) is 0 Å². The molecule has 2 heteroatoms. The van der Waals surface area contributed by atoms with Crippen molar-refractivity contribution in [2.45, 2.75) is 20.8 Å². The van der Waals surface area contributed by atoms with Crippen molar-refractivity contribution in [2.24, 2.45) is 11.8 Å². The molecule has 0 amide bonds. The Morgan fingerprint density at radius 2 is 1.80 bits per heavy atom. The highest BCUT2D eigenvalue weighted by atomic mass is 32.1. The molecule has 84 valence electrons. The summed E-state index contributed by atoms with van der Waals surface area (Å²) in [5, 5.41) is 0. The first-order valence-corrected chi connectivity index (χ1v) is 6.07. The van der Waals surface area contributed by atoms with Crippen LogP contribution in [0.3, 0.4) is 0 Å². The Morgan fingerprint density at radius 3 is 2.27 bits per heavy atom. The predicted octanol–water partition coefficient (Wildman–Crippen LogP) is 3.58. The number of thiol groups is 1. The fourth-order valence-corrected chi connectivity index (χ4v) is 1.82. The summed E-state index contributed by atoms with van der Waals surface area (Å²) in [6.45, 7) is 7.25. The summed E-state index contributed by atoms with van der Waals surface area (Å²) in [7, 11) is 0. The zero-order chi connectivity index (χ0) is 11.3. The molecule has 0 fully saturated rings. The smallest absolute Gasteiger partial charge is 0.119 e. The molecule has 1 aromatic rings. The molecule has 1 aromatic carbocycles. The maximum Gasteiger partial charge on any atom is 0.119 e. The number of ether oxygens (including phenoxy) is 1. The van der Waals surface area contributed by atoms with Crippen LogP contribution in [-0.2, 0) is 0 Å². The standard InChI is InChI=1S/C13H20OS/c1-10(2)12(9-15)8-14-13-6-4-11(3)5-7-13/h4-7,10,12,15H,8-9H2,1-3H3. The Balaban J connectivity index is 2.45. The van der Waals surface area contributed by atoms with Crippen LogP contribution in [0.5, 0.6) is 5.75 Å². The van der Waals surface area contributed by atoms with E-state index in [0.29, 0.717) is 11.8 Å². The lowest BCUT2D eigenvalue weighted by Gasteiger charge is -2.18.